The third-order valence-corrected chi connectivity index (χ3v) is 13.8. The standard InChI is InChI=1S/C25H44N14O8.C25H44N14O7/c26-3-1-2-11(27)4-18(41)31-7-14-21(43)36-15(8-33-25(30)47)22(44)39-19(13-5-17(29)35-10-34-13)24(46)32-6-12(28)20(42)38-16(9-40)23(45)37-14;1-11-20(41)37-15(8-31-18(40)5-12(27)3-2-4-26)22(43)38-16(9-33-25(30)46)23(44)39-19(14-6-17(29)35-10-34-14)24(45)32-7-13(28)21(42)36-11/h8,11-14,16,19,34,40H,1-7,9-10,26-28H2,(H2,29,35)(H,31,41)(H,32,46)(H,36,43)(H,37,45)(H,38,42)(H,39,44)(H3,30,33,47);9,11-15,19,34H,2-8,10,26-28H2,1H3,(H2,29,35)(H,31,40)(H,32,45)(H,36,42)(H,37,41)(H,38,43)(H,39,44)(H3,30,33,46)/b15-8+;16-9+/t11-,12-,13?,14-,16-,19+;11-,12-,13-,14?,15-,19+/m00/s1. The Morgan fingerprint density at radius 1 is 0.559 bits per heavy atom. The van der Waals surface area contributed by atoms with Gasteiger partial charge in [0.2, 0.25) is 59.1 Å². The minimum absolute atomic E-state index is 0.00824. The lowest BCUT2D eigenvalue weighted by Crippen LogP contribution is -2.63. The summed E-state index contributed by atoms with van der Waals surface area (Å²) in [6.07, 6.45) is 3.45. The Balaban J connectivity index is 0.000000485. The molecule has 0 aromatic heterocycles. The van der Waals surface area contributed by atoms with E-state index in [0.717, 1.165) is 12.4 Å². The van der Waals surface area contributed by atoms with Crippen molar-refractivity contribution >= 4 is 94.6 Å². The van der Waals surface area contributed by atoms with Gasteiger partial charge in [0.05, 0.1) is 31.6 Å². The molecule has 16 amide bonds. The van der Waals surface area contributed by atoms with E-state index in [0.29, 0.717) is 38.8 Å². The van der Waals surface area contributed by atoms with Crippen LogP contribution in [0.25, 0.3) is 0 Å². The van der Waals surface area contributed by atoms with Crippen LogP contribution in [0.5, 0.6) is 0 Å². The van der Waals surface area contributed by atoms with Gasteiger partial charge in [0, 0.05) is 88.4 Å². The van der Waals surface area contributed by atoms with Crippen molar-refractivity contribution in [3.05, 3.63) is 23.8 Å². The van der Waals surface area contributed by atoms with Crippen LogP contribution in [-0.4, -0.2) is 231 Å². The highest BCUT2D eigenvalue weighted by atomic mass is 16.3. The van der Waals surface area contributed by atoms with Gasteiger partial charge in [-0.3, -0.25) is 78.2 Å². The van der Waals surface area contributed by atoms with Crippen LogP contribution >= 0.6 is 0 Å². The fourth-order valence-electron chi connectivity index (χ4n) is 8.59. The van der Waals surface area contributed by atoms with Gasteiger partial charge < -0.3 is 137 Å². The number of hydrogen-bond donors (Lipinski definition) is 27. The molecular weight excluding hydrogens is 1230 g/mol. The number of nitrogens with zero attached hydrogens (tertiary/aromatic N) is 2. The summed E-state index contributed by atoms with van der Waals surface area (Å²) in [5.74, 6) is -10.3. The van der Waals surface area contributed by atoms with Crippen molar-refractivity contribution in [3.63, 3.8) is 0 Å². The first-order valence-electron chi connectivity index (χ1n) is 29.1. The molecule has 2 unspecified atom stereocenters. The highest BCUT2D eigenvalue weighted by molar-refractivity contribution is 6.04. The summed E-state index contributed by atoms with van der Waals surface area (Å²) in [4.78, 5) is 188. The maximum absolute atomic E-state index is 13.5. The van der Waals surface area contributed by atoms with Gasteiger partial charge in [-0.15, -0.1) is 0 Å². The van der Waals surface area contributed by atoms with Crippen LogP contribution in [0.15, 0.2) is 33.8 Å². The van der Waals surface area contributed by atoms with Gasteiger partial charge in [-0.25, -0.2) is 9.59 Å². The van der Waals surface area contributed by atoms with Crippen LogP contribution < -0.4 is 142 Å². The molecule has 0 spiro atoms. The largest absolute Gasteiger partial charge is 0.394 e. The third-order valence-electron chi connectivity index (χ3n) is 13.8. The number of carbonyl (C=O) groups excluding carboxylic acids is 14. The molecule has 43 nitrogen and oxygen atoms in total. The molecule has 0 aromatic carbocycles. The molecule has 93 heavy (non-hydrogen) atoms. The van der Waals surface area contributed by atoms with Crippen molar-refractivity contribution in [1.82, 2.24) is 85.1 Å². The first kappa shape index (κ1) is 77.5. The van der Waals surface area contributed by atoms with E-state index in [-0.39, 0.29) is 57.2 Å². The highest BCUT2D eigenvalue weighted by Gasteiger charge is 2.38. The average Bonchev–Trinajstić information content (AvgIpc) is 0.944. The predicted octanol–water partition coefficient (Wildman–Crippen LogP) is -15.4. The summed E-state index contributed by atoms with van der Waals surface area (Å²) >= 11 is 0. The van der Waals surface area contributed by atoms with E-state index in [1.165, 1.54) is 6.92 Å². The molecule has 0 radical (unpaired) electrons. The second kappa shape index (κ2) is 39.5. The Kier molecular flexibility index (Phi) is 32.9. The molecule has 12 atom stereocenters. The molecule has 2 saturated heterocycles. The zero-order valence-electron chi connectivity index (χ0n) is 50.9. The second-order valence-corrected chi connectivity index (χ2v) is 21.4. The van der Waals surface area contributed by atoms with Gasteiger partial charge in [-0.05, 0) is 45.7 Å². The predicted molar refractivity (Wildman–Crippen MR) is 328 cm³/mol. The molecule has 4 aliphatic rings. The van der Waals surface area contributed by atoms with Crippen LogP contribution in [0.1, 0.15) is 58.3 Å². The van der Waals surface area contributed by atoms with E-state index in [9.17, 15) is 72.2 Å². The van der Waals surface area contributed by atoms with Crippen molar-refractivity contribution in [1.29, 1.82) is 0 Å². The lowest BCUT2D eigenvalue weighted by molar-refractivity contribution is -0.134. The zero-order valence-corrected chi connectivity index (χ0v) is 50.9. The topological polar surface area (TPSA) is 737 Å². The van der Waals surface area contributed by atoms with Crippen molar-refractivity contribution in [2.45, 2.75) is 131 Å². The first-order valence-corrected chi connectivity index (χ1v) is 29.1. The summed E-state index contributed by atoms with van der Waals surface area (Å²) in [6.45, 7) is -0.659. The van der Waals surface area contributed by atoms with E-state index in [4.69, 9.17) is 57.3 Å². The van der Waals surface area contributed by atoms with Gasteiger partial charge in [-0.1, -0.05) is 0 Å². The number of nitrogens with two attached hydrogens (primary N) is 10. The summed E-state index contributed by atoms with van der Waals surface area (Å²) < 4.78 is 0. The van der Waals surface area contributed by atoms with Gasteiger partial charge in [0.1, 0.15) is 59.7 Å². The highest BCUT2D eigenvalue weighted by Crippen LogP contribution is 2.10. The van der Waals surface area contributed by atoms with Gasteiger partial charge in [-0.2, -0.15) is 0 Å². The van der Waals surface area contributed by atoms with Crippen molar-refractivity contribution in [3.8, 4) is 0 Å². The van der Waals surface area contributed by atoms with Crippen molar-refractivity contribution < 1.29 is 72.2 Å². The van der Waals surface area contributed by atoms with E-state index < -0.39 is 193 Å². The number of aliphatic hydroxyl groups is 1. The third kappa shape index (κ3) is 27.7. The summed E-state index contributed by atoms with van der Waals surface area (Å²) in [7, 11) is 0. The Labute approximate surface area is 531 Å². The number of urea groups is 2. The Morgan fingerprint density at radius 2 is 0.946 bits per heavy atom. The lowest BCUT2D eigenvalue weighted by Gasteiger charge is -2.31. The van der Waals surface area contributed by atoms with Gasteiger partial charge >= 0.3 is 12.1 Å². The van der Waals surface area contributed by atoms with Crippen LogP contribution in [0.3, 0.4) is 0 Å². The van der Waals surface area contributed by atoms with E-state index in [1.54, 1.807) is 0 Å². The monoisotopic (exact) mass is 1320 g/mol. The fraction of sp³-hybridized carbons (Fsp3) is 0.600. The number of nitrogens with one attached hydrogen (secondary N) is 16. The SMILES string of the molecule is C[C@@H]1NC(=O)[C@@H](N)CNC(=O)[C@@H](C2CC(N)=NCN2)NC(=O)/C(=C\NC(N)=O)NC(=O)[C@H](CNC(=O)C[C@@H](N)CCCN)NC1=O.NCCC[C@H](N)CC(=O)NC[C@@H]1NC(=O)[C@H](CO)NC(=O)[C@@H](N)CNC(=O)[C@@H](C2CC(N)=NCN2)NC(=O)/C(=C\NC(N)=O)NC1=O. The van der Waals surface area contributed by atoms with Crippen LogP contribution in [0.4, 0.5) is 9.59 Å². The van der Waals surface area contributed by atoms with Crippen LogP contribution in [-0.2, 0) is 57.5 Å². The van der Waals surface area contributed by atoms with E-state index in [2.05, 4.69) is 89.7 Å². The van der Waals surface area contributed by atoms with Crippen LogP contribution in [0, 0.1) is 0 Å². The van der Waals surface area contributed by atoms with E-state index >= 15 is 0 Å². The second-order valence-electron chi connectivity index (χ2n) is 21.4. The van der Waals surface area contributed by atoms with Gasteiger partial charge in [0.25, 0.3) is 11.8 Å². The molecule has 43 heteroatoms. The summed E-state index contributed by atoms with van der Waals surface area (Å²) in [5.41, 5.74) is 55.4. The maximum atomic E-state index is 13.5. The molecule has 0 aromatic rings. The maximum Gasteiger partial charge on any atom is 0.316 e. The Hall–Kier alpha value is -9.76. The number of aliphatic imine (C=N–C) groups is 2. The zero-order chi connectivity index (χ0) is 69.5. The number of primary amides is 2. The minimum atomic E-state index is -1.63. The van der Waals surface area contributed by atoms with Gasteiger partial charge in [0.15, 0.2) is 0 Å². The van der Waals surface area contributed by atoms with Crippen LogP contribution in [0.2, 0.25) is 0 Å². The molecule has 4 heterocycles. The Morgan fingerprint density at radius 3 is 1.32 bits per heavy atom. The number of amidine groups is 2. The number of carbonyl (C=O) groups is 14. The fourth-order valence-corrected chi connectivity index (χ4v) is 8.59. The molecule has 0 bridgehead atoms. The molecule has 518 valence electrons. The lowest BCUT2D eigenvalue weighted by atomic mass is 10.0. The molecule has 37 N–H and O–H groups in total. The average molecular weight is 1320 g/mol. The molecule has 0 saturated carbocycles. The Bertz CT molecular complexity index is 2840. The molecule has 0 aliphatic carbocycles. The van der Waals surface area contributed by atoms with E-state index in [1.807, 2.05) is 5.32 Å². The first-order chi connectivity index (χ1) is 44.0. The molecule has 4 aliphatic heterocycles. The number of amides is 16. The summed E-state index contributed by atoms with van der Waals surface area (Å²) in [6, 6.07) is -16.3. The minimum Gasteiger partial charge on any atom is -0.394 e. The number of rotatable bonds is 19. The molecule has 4 rings (SSSR count). The van der Waals surface area contributed by atoms with Crippen molar-refractivity contribution in [2.75, 3.05) is 59.2 Å². The summed E-state index contributed by atoms with van der Waals surface area (Å²) in [5, 5.41) is 48.3. The molecular formula is C50H88N28O15. The number of hydrogen-bond acceptors (Lipinski definition) is 27. The molecule has 2 fully saturated rings. The normalized spacial score (nSPS) is 26.6. The quantitative estimate of drug-likeness (QED) is 0.0534. The van der Waals surface area contributed by atoms with Crippen molar-refractivity contribution in [2.24, 2.45) is 67.3 Å². The number of aliphatic hydroxyl groups excluding tert-OH is 1. The smallest absolute Gasteiger partial charge is 0.316 e.